The van der Waals surface area contributed by atoms with Crippen molar-refractivity contribution >= 4 is 5.91 Å². The summed E-state index contributed by atoms with van der Waals surface area (Å²) in [5, 5.41) is 2.85. The standard InChI is InChI=1S/C8H15NO/c1-3-6(2)7-4-5-9-8(7)10/h6-7H,3-5H2,1-2H3,(H,9,10). The van der Waals surface area contributed by atoms with E-state index in [1.54, 1.807) is 0 Å². The number of carbonyl (C=O) groups is 1. The van der Waals surface area contributed by atoms with E-state index >= 15 is 0 Å². The lowest BCUT2D eigenvalue weighted by Gasteiger charge is -2.13. The van der Waals surface area contributed by atoms with E-state index in [2.05, 4.69) is 19.2 Å². The lowest BCUT2D eigenvalue weighted by molar-refractivity contribution is -0.123. The fourth-order valence-corrected chi connectivity index (χ4v) is 1.44. The van der Waals surface area contributed by atoms with Crippen LogP contribution in [0.15, 0.2) is 0 Å². The minimum atomic E-state index is 0.259. The molecule has 0 spiro atoms. The molecule has 2 unspecified atom stereocenters. The molecule has 0 bridgehead atoms. The normalized spacial score (nSPS) is 28.2. The van der Waals surface area contributed by atoms with Gasteiger partial charge in [0.15, 0.2) is 0 Å². The Kier molecular flexibility index (Phi) is 2.30. The summed E-state index contributed by atoms with van der Waals surface area (Å²) in [4.78, 5) is 11.1. The molecule has 2 heteroatoms. The number of rotatable bonds is 2. The van der Waals surface area contributed by atoms with Crippen LogP contribution in [-0.2, 0) is 4.79 Å². The summed E-state index contributed by atoms with van der Waals surface area (Å²) in [6, 6.07) is 0. The molecule has 1 saturated heterocycles. The average molecular weight is 141 g/mol. The Balaban J connectivity index is 2.46. The molecule has 1 amide bonds. The fourth-order valence-electron chi connectivity index (χ4n) is 1.44. The molecular weight excluding hydrogens is 126 g/mol. The second kappa shape index (κ2) is 3.04. The van der Waals surface area contributed by atoms with Gasteiger partial charge in [0, 0.05) is 12.5 Å². The quantitative estimate of drug-likeness (QED) is 0.614. The van der Waals surface area contributed by atoms with Crippen LogP contribution < -0.4 is 5.32 Å². The summed E-state index contributed by atoms with van der Waals surface area (Å²) in [6.45, 7) is 5.17. The zero-order valence-electron chi connectivity index (χ0n) is 6.68. The molecule has 1 aliphatic rings. The molecule has 10 heavy (non-hydrogen) atoms. The maximum Gasteiger partial charge on any atom is 0.223 e. The van der Waals surface area contributed by atoms with Crippen molar-refractivity contribution in [1.29, 1.82) is 0 Å². The van der Waals surface area contributed by atoms with Gasteiger partial charge in [-0.15, -0.1) is 0 Å². The molecule has 1 rings (SSSR count). The van der Waals surface area contributed by atoms with Crippen LogP contribution in [0, 0.1) is 11.8 Å². The number of carbonyl (C=O) groups excluding carboxylic acids is 1. The van der Waals surface area contributed by atoms with Gasteiger partial charge in [-0.1, -0.05) is 20.3 Å². The number of hydrogen-bond acceptors (Lipinski definition) is 1. The van der Waals surface area contributed by atoms with Gasteiger partial charge in [0.25, 0.3) is 0 Å². The van der Waals surface area contributed by atoms with E-state index < -0.39 is 0 Å². The predicted molar refractivity (Wildman–Crippen MR) is 40.6 cm³/mol. The van der Waals surface area contributed by atoms with Crippen molar-refractivity contribution in [3.63, 3.8) is 0 Å². The van der Waals surface area contributed by atoms with Crippen LogP contribution in [0.1, 0.15) is 26.7 Å². The van der Waals surface area contributed by atoms with Crippen molar-refractivity contribution in [2.75, 3.05) is 6.54 Å². The predicted octanol–water partition coefficient (Wildman–Crippen LogP) is 1.17. The van der Waals surface area contributed by atoms with E-state index in [9.17, 15) is 4.79 Å². The highest BCUT2D eigenvalue weighted by Crippen LogP contribution is 2.21. The molecule has 0 aromatic rings. The maximum atomic E-state index is 11.1. The minimum Gasteiger partial charge on any atom is -0.356 e. The van der Waals surface area contributed by atoms with E-state index in [0.29, 0.717) is 11.8 Å². The lowest BCUT2D eigenvalue weighted by atomic mass is 9.91. The Morgan fingerprint density at radius 2 is 2.50 bits per heavy atom. The molecule has 1 fully saturated rings. The average Bonchev–Trinajstić information content (AvgIpc) is 2.34. The molecule has 58 valence electrons. The molecule has 2 atom stereocenters. The van der Waals surface area contributed by atoms with Gasteiger partial charge < -0.3 is 5.32 Å². The molecule has 1 N–H and O–H groups in total. The van der Waals surface area contributed by atoms with Gasteiger partial charge in [0.05, 0.1) is 0 Å². The topological polar surface area (TPSA) is 29.1 Å². The summed E-state index contributed by atoms with van der Waals surface area (Å²) in [7, 11) is 0. The maximum absolute atomic E-state index is 11.1. The minimum absolute atomic E-state index is 0.259. The third-order valence-corrected chi connectivity index (χ3v) is 2.42. The summed E-state index contributed by atoms with van der Waals surface area (Å²) in [6.07, 6.45) is 2.14. The monoisotopic (exact) mass is 141 g/mol. The Labute approximate surface area is 62.0 Å². The first kappa shape index (κ1) is 7.58. The Hall–Kier alpha value is -0.530. The zero-order valence-corrected chi connectivity index (χ0v) is 6.68. The third-order valence-electron chi connectivity index (χ3n) is 2.42. The van der Waals surface area contributed by atoms with Gasteiger partial charge in [0.2, 0.25) is 5.91 Å². The summed E-state index contributed by atoms with van der Waals surface area (Å²) >= 11 is 0. The van der Waals surface area contributed by atoms with Crippen LogP contribution in [-0.4, -0.2) is 12.5 Å². The first-order valence-electron chi connectivity index (χ1n) is 4.03. The fraction of sp³-hybridized carbons (Fsp3) is 0.875. The third kappa shape index (κ3) is 1.31. The van der Waals surface area contributed by atoms with Crippen molar-refractivity contribution in [2.24, 2.45) is 11.8 Å². The molecule has 1 heterocycles. The largest absolute Gasteiger partial charge is 0.356 e. The van der Waals surface area contributed by atoms with Gasteiger partial charge in [-0.25, -0.2) is 0 Å². The van der Waals surface area contributed by atoms with E-state index in [1.807, 2.05) is 0 Å². The van der Waals surface area contributed by atoms with E-state index in [0.717, 1.165) is 19.4 Å². The molecule has 0 aromatic carbocycles. The van der Waals surface area contributed by atoms with Crippen LogP contribution >= 0.6 is 0 Å². The Bertz CT molecular complexity index is 133. The molecular formula is C8H15NO. The van der Waals surface area contributed by atoms with Gasteiger partial charge in [-0.3, -0.25) is 4.79 Å². The highest BCUT2D eigenvalue weighted by atomic mass is 16.2. The lowest BCUT2D eigenvalue weighted by Crippen LogP contribution is -2.23. The van der Waals surface area contributed by atoms with Crippen LogP contribution in [0.25, 0.3) is 0 Å². The summed E-state index contributed by atoms with van der Waals surface area (Å²) < 4.78 is 0. The van der Waals surface area contributed by atoms with E-state index in [1.165, 1.54) is 0 Å². The van der Waals surface area contributed by atoms with E-state index in [-0.39, 0.29) is 5.91 Å². The first-order valence-corrected chi connectivity index (χ1v) is 4.03. The second-order valence-corrected chi connectivity index (χ2v) is 3.07. The molecule has 2 nitrogen and oxygen atoms in total. The number of hydrogen-bond donors (Lipinski definition) is 1. The molecule has 0 aliphatic carbocycles. The molecule has 0 aromatic heterocycles. The van der Waals surface area contributed by atoms with Crippen molar-refractivity contribution in [2.45, 2.75) is 26.7 Å². The van der Waals surface area contributed by atoms with Crippen LogP contribution in [0.5, 0.6) is 0 Å². The molecule has 0 radical (unpaired) electrons. The van der Waals surface area contributed by atoms with Crippen molar-refractivity contribution in [1.82, 2.24) is 5.32 Å². The molecule has 0 saturated carbocycles. The Morgan fingerprint density at radius 3 is 2.90 bits per heavy atom. The van der Waals surface area contributed by atoms with Gasteiger partial charge in [-0.05, 0) is 12.3 Å². The highest BCUT2D eigenvalue weighted by Gasteiger charge is 2.27. The van der Waals surface area contributed by atoms with Gasteiger partial charge in [-0.2, -0.15) is 0 Å². The van der Waals surface area contributed by atoms with Crippen LogP contribution in [0.2, 0.25) is 0 Å². The smallest absolute Gasteiger partial charge is 0.223 e. The van der Waals surface area contributed by atoms with Gasteiger partial charge >= 0.3 is 0 Å². The van der Waals surface area contributed by atoms with Crippen molar-refractivity contribution < 1.29 is 4.79 Å². The number of nitrogens with one attached hydrogen (secondary N) is 1. The Morgan fingerprint density at radius 1 is 1.80 bits per heavy atom. The van der Waals surface area contributed by atoms with Crippen molar-refractivity contribution in [3.05, 3.63) is 0 Å². The van der Waals surface area contributed by atoms with E-state index in [4.69, 9.17) is 0 Å². The first-order chi connectivity index (χ1) is 4.75. The zero-order chi connectivity index (χ0) is 7.56. The highest BCUT2D eigenvalue weighted by molar-refractivity contribution is 5.80. The number of amides is 1. The second-order valence-electron chi connectivity index (χ2n) is 3.07. The molecule has 1 aliphatic heterocycles. The summed E-state index contributed by atoms with van der Waals surface area (Å²) in [5.74, 6) is 1.11. The van der Waals surface area contributed by atoms with Gasteiger partial charge in [0.1, 0.15) is 0 Å². The van der Waals surface area contributed by atoms with Crippen molar-refractivity contribution in [3.8, 4) is 0 Å². The van der Waals surface area contributed by atoms with Crippen LogP contribution in [0.3, 0.4) is 0 Å². The summed E-state index contributed by atoms with van der Waals surface area (Å²) in [5.41, 5.74) is 0. The van der Waals surface area contributed by atoms with Crippen LogP contribution in [0.4, 0.5) is 0 Å². The SMILES string of the molecule is CCC(C)C1CCNC1=O.